The summed E-state index contributed by atoms with van der Waals surface area (Å²) < 4.78 is 12.2. The van der Waals surface area contributed by atoms with E-state index in [0.29, 0.717) is 29.5 Å². The van der Waals surface area contributed by atoms with Crippen molar-refractivity contribution in [1.29, 1.82) is 5.41 Å². The van der Waals surface area contributed by atoms with Crippen LogP contribution in [0, 0.1) is 5.41 Å². The molecule has 198 valence electrons. The van der Waals surface area contributed by atoms with Gasteiger partial charge < -0.3 is 25.6 Å². The van der Waals surface area contributed by atoms with E-state index >= 15 is 0 Å². The number of aromatic amines is 1. The number of amidine groups is 1. The Morgan fingerprint density at radius 1 is 1.18 bits per heavy atom. The van der Waals surface area contributed by atoms with Gasteiger partial charge in [0.25, 0.3) is 11.9 Å². The fourth-order valence-corrected chi connectivity index (χ4v) is 3.37. The zero-order chi connectivity index (χ0) is 27.7. The maximum Gasteiger partial charge on any atom is 0.350 e. The van der Waals surface area contributed by atoms with E-state index in [4.69, 9.17) is 30.5 Å². The van der Waals surface area contributed by atoms with Crippen molar-refractivity contribution in [2.45, 2.75) is 19.9 Å². The molecule has 6 N–H and O–H groups in total. The number of nitrogen functional groups attached to an aromatic ring is 1. The van der Waals surface area contributed by atoms with Crippen molar-refractivity contribution >= 4 is 17.5 Å². The van der Waals surface area contributed by atoms with Crippen LogP contribution in [-0.2, 0) is 4.79 Å². The average molecular weight is 521 g/mol. The molecule has 4 aromatic rings. The Labute approximate surface area is 217 Å². The molecule has 0 aliphatic rings. The molecule has 13 heteroatoms. The lowest BCUT2D eigenvalue weighted by molar-refractivity contribution is -0.134. The highest BCUT2D eigenvalue weighted by atomic mass is 16.5. The Morgan fingerprint density at radius 2 is 1.84 bits per heavy atom. The molecular weight excluding hydrogens is 492 g/mol. The number of aliphatic carboxylic acids is 1. The zero-order valence-electron chi connectivity index (χ0n) is 21.0. The van der Waals surface area contributed by atoms with Crippen LogP contribution in [-0.4, -0.2) is 55.4 Å². The minimum absolute atomic E-state index is 0.0226. The number of carbonyl (C=O) groups is 1. The number of nitrogens with two attached hydrogens (primary N) is 1. The predicted molar refractivity (Wildman–Crippen MR) is 140 cm³/mol. The van der Waals surface area contributed by atoms with Gasteiger partial charge in [-0.05, 0) is 55.0 Å². The second-order valence-corrected chi connectivity index (χ2v) is 7.71. The number of hydrogen-bond acceptors (Lipinski definition) is 9. The van der Waals surface area contributed by atoms with Gasteiger partial charge in [0.05, 0.1) is 13.7 Å². The molecule has 0 aliphatic heterocycles. The van der Waals surface area contributed by atoms with Crippen molar-refractivity contribution < 1.29 is 19.4 Å². The van der Waals surface area contributed by atoms with Gasteiger partial charge in [0, 0.05) is 30.6 Å². The van der Waals surface area contributed by atoms with Crippen LogP contribution in [0.15, 0.2) is 65.7 Å². The summed E-state index contributed by atoms with van der Waals surface area (Å²) >= 11 is 0. The molecule has 2 heterocycles. The first-order valence-corrected chi connectivity index (χ1v) is 11.4. The van der Waals surface area contributed by atoms with Gasteiger partial charge in [0.15, 0.2) is 17.3 Å². The fourth-order valence-electron chi connectivity index (χ4n) is 3.37. The summed E-state index contributed by atoms with van der Waals surface area (Å²) in [7, 11) is 1.57. The summed E-state index contributed by atoms with van der Waals surface area (Å²) in [4.78, 5) is 32.7. The van der Waals surface area contributed by atoms with Crippen LogP contribution in [0.3, 0.4) is 0 Å². The minimum atomic E-state index is -0.833. The molecule has 0 fully saturated rings. The van der Waals surface area contributed by atoms with E-state index in [2.05, 4.69) is 25.4 Å². The van der Waals surface area contributed by atoms with Crippen molar-refractivity contribution in [2.75, 3.05) is 19.0 Å². The normalized spacial score (nSPS) is 11.0. The van der Waals surface area contributed by atoms with Crippen LogP contribution in [0.1, 0.15) is 36.8 Å². The topological polar surface area (TPSA) is 194 Å². The van der Waals surface area contributed by atoms with Gasteiger partial charge in [-0.1, -0.05) is 6.07 Å². The van der Waals surface area contributed by atoms with Crippen molar-refractivity contribution in [3.05, 3.63) is 88.4 Å². The SMILES string of the molecule is CC(=O)O.CCOc1cc(C(Nc2ccc(C(=N)N)cc2)c2nn(-c3ncccn3)c(=O)[nH]2)ccc1OC. The van der Waals surface area contributed by atoms with Gasteiger partial charge in [-0.25, -0.2) is 14.8 Å². The number of carboxylic acids is 1. The Kier molecular flexibility index (Phi) is 9.13. The van der Waals surface area contributed by atoms with Crippen LogP contribution in [0.25, 0.3) is 5.95 Å². The number of nitrogens with one attached hydrogen (secondary N) is 3. The smallest absolute Gasteiger partial charge is 0.350 e. The molecule has 2 aromatic heterocycles. The molecule has 0 aliphatic carbocycles. The second kappa shape index (κ2) is 12.7. The zero-order valence-corrected chi connectivity index (χ0v) is 21.0. The molecule has 0 radical (unpaired) electrons. The maximum absolute atomic E-state index is 12.7. The van der Waals surface area contributed by atoms with Gasteiger partial charge in [0.1, 0.15) is 11.9 Å². The predicted octanol–water partition coefficient (Wildman–Crippen LogP) is 2.33. The number of methoxy groups -OCH3 is 1. The van der Waals surface area contributed by atoms with Gasteiger partial charge in [0.2, 0.25) is 0 Å². The molecule has 0 saturated carbocycles. The summed E-state index contributed by atoms with van der Waals surface area (Å²) in [5, 5.41) is 22.8. The van der Waals surface area contributed by atoms with E-state index < -0.39 is 17.7 Å². The molecular formula is C25H28N8O5. The third-order valence-corrected chi connectivity index (χ3v) is 4.98. The molecule has 0 amide bonds. The molecule has 0 saturated heterocycles. The van der Waals surface area contributed by atoms with Crippen LogP contribution in [0.4, 0.5) is 5.69 Å². The number of ether oxygens (including phenoxy) is 2. The number of nitrogens with zero attached hydrogens (tertiary/aromatic N) is 4. The quantitative estimate of drug-likeness (QED) is 0.161. The third-order valence-electron chi connectivity index (χ3n) is 4.98. The number of hydrogen-bond donors (Lipinski definition) is 5. The van der Waals surface area contributed by atoms with E-state index in [0.717, 1.165) is 22.9 Å². The molecule has 1 atom stereocenters. The molecule has 38 heavy (non-hydrogen) atoms. The summed E-state index contributed by atoms with van der Waals surface area (Å²) in [5.74, 6) is 0.803. The van der Waals surface area contributed by atoms with Crippen molar-refractivity contribution in [3.8, 4) is 17.4 Å². The van der Waals surface area contributed by atoms with Crippen molar-refractivity contribution in [2.24, 2.45) is 5.73 Å². The lowest BCUT2D eigenvalue weighted by Crippen LogP contribution is -2.18. The summed E-state index contributed by atoms with van der Waals surface area (Å²) in [6, 6.07) is 13.7. The first kappa shape index (κ1) is 27.4. The number of carboxylic acid groups (broad SMARTS) is 1. The first-order valence-electron chi connectivity index (χ1n) is 11.4. The second-order valence-electron chi connectivity index (χ2n) is 7.71. The summed E-state index contributed by atoms with van der Waals surface area (Å²) in [6.45, 7) is 3.43. The molecule has 4 rings (SSSR count). The highest BCUT2D eigenvalue weighted by Gasteiger charge is 2.22. The number of H-pyrrole nitrogens is 1. The third kappa shape index (κ3) is 6.94. The highest BCUT2D eigenvalue weighted by molar-refractivity contribution is 5.95. The molecule has 0 bridgehead atoms. The van der Waals surface area contributed by atoms with Gasteiger partial charge >= 0.3 is 5.69 Å². The average Bonchev–Trinajstić information content (AvgIpc) is 3.29. The van der Waals surface area contributed by atoms with Gasteiger partial charge in [-0.2, -0.15) is 0 Å². The summed E-state index contributed by atoms with van der Waals surface area (Å²) in [6.07, 6.45) is 3.07. The van der Waals surface area contributed by atoms with E-state index in [1.54, 1.807) is 43.5 Å². The number of aromatic nitrogens is 5. The van der Waals surface area contributed by atoms with Crippen molar-refractivity contribution in [1.82, 2.24) is 24.7 Å². The highest BCUT2D eigenvalue weighted by Crippen LogP contribution is 2.33. The lowest BCUT2D eigenvalue weighted by atomic mass is 10.0. The minimum Gasteiger partial charge on any atom is -0.493 e. The first-order chi connectivity index (χ1) is 18.2. The van der Waals surface area contributed by atoms with E-state index in [1.807, 2.05) is 19.1 Å². The Hall–Kier alpha value is -5.20. The largest absolute Gasteiger partial charge is 0.493 e. The summed E-state index contributed by atoms with van der Waals surface area (Å²) in [5.41, 5.74) is 7.20. The van der Waals surface area contributed by atoms with E-state index in [1.165, 1.54) is 12.4 Å². The molecule has 0 spiro atoms. The maximum atomic E-state index is 12.7. The Balaban J connectivity index is 0.000000934. The van der Waals surface area contributed by atoms with Crippen molar-refractivity contribution in [3.63, 3.8) is 0 Å². The van der Waals surface area contributed by atoms with Crippen LogP contribution in [0.5, 0.6) is 11.5 Å². The number of rotatable bonds is 9. The monoisotopic (exact) mass is 520 g/mol. The van der Waals surface area contributed by atoms with E-state index in [-0.39, 0.29) is 11.8 Å². The Bertz CT molecular complexity index is 1430. The Morgan fingerprint density at radius 3 is 2.42 bits per heavy atom. The number of anilines is 1. The van der Waals surface area contributed by atoms with E-state index in [9.17, 15) is 4.79 Å². The lowest BCUT2D eigenvalue weighted by Gasteiger charge is -2.20. The standard InChI is InChI=1S/C23H24N8O3.C2H4O2/c1-3-34-18-13-15(7-10-17(18)33-2)19(28-16-8-5-14(6-9-16)20(24)25)21-29-23(32)31(30-21)22-26-11-4-12-27-22;1-2(3)4/h4-13,19,28H,3H2,1-2H3,(H3,24,25)(H,29,30,32);1H3,(H,3,4). The molecule has 1 unspecified atom stereocenters. The van der Waals surface area contributed by atoms with Crippen LogP contribution < -0.4 is 26.2 Å². The molecule has 13 nitrogen and oxygen atoms in total. The number of benzene rings is 2. The van der Waals surface area contributed by atoms with Gasteiger partial charge in [-0.3, -0.25) is 15.2 Å². The molecule has 2 aromatic carbocycles. The van der Waals surface area contributed by atoms with Gasteiger partial charge in [-0.15, -0.1) is 9.78 Å². The van der Waals surface area contributed by atoms with Crippen LogP contribution >= 0.6 is 0 Å². The fraction of sp³-hybridized carbons (Fsp3) is 0.200. The van der Waals surface area contributed by atoms with Crippen LogP contribution in [0.2, 0.25) is 0 Å².